The number of amides is 1. The second-order valence-corrected chi connectivity index (χ2v) is 6.18. The van der Waals surface area contributed by atoms with Crippen LogP contribution in [0.15, 0.2) is 24.7 Å². The maximum absolute atomic E-state index is 12.4. The van der Waals surface area contributed by atoms with Crippen molar-refractivity contribution in [3.63, 3.8) is 0 Å². The molecule has 0 spiro atoms. The molecule has 0 aliphatic carbocycles. The van der Waals surface area contributed by atoms with Gasteiger partial charge in [-0.25, -0.2) is 4.98 Å². The van der Waals surface area contributed by atoms with E-state index in [1.54, 1.807) is 18.6 Å². The van der Waals surface area contributed by atoms with Gasteiger partial charge in [-0.3, -0.25) is 4.79 Å². The number of nitrogens with one attached hydrogen (secondary N) is 1. The predicted molar refractivity (Wildman–Crippen MR) is 83.8 cm³/mol. The number of halogens is 3. The molecule has 4 rings (SSSR count). The molecule has 1 atom stereocenters. The Kier molecular flexibility index (Phi) is 3.59. The zero-order chi connectivity index (χ0) is 17.6. The number of rotatable bonds is 2. The summed E-state index contributed by atoms with van der Waals surface area (Å²) in [6, 6.07) is 1.89. The molecule has 1 unspecified atom stereocenters. The fourth-order valence-electron chi connectivity index (χ4n) is 3.39. The lowest BCUT2D eigenvalue weighted by molar-refractivity contribution is -0.160. The van der Waals surface area contributed by atoms with E-state index in [1.165, 1.54) is 4.90 Å². The molecule has 3 aromatic rings. The van der Waals surface area contributed by atoms with E-state index >= 15 is 0 Å². The van der Waals surface area contributed by atoms with Crippen LogP contribution in [0.25, 0.3) is 21.8 Å². The Morgan fingerprint density at radius 2 is 2.20 bits per heavy atom. The Bertz CT molecular complexity index is 952. The number of carbonyl (C=O) groups is 1. The van der Waals surface area contributed by atoms with Crippen molar-refractivity contribution in [2.24, 2.45) is 0 Å². The van der Waals surface area contributed by atoms with Crippen LogP contribution in [0.3, 0.4) is 0 Å². The van der Waals surface area contributed by atoms with Crippen molar-refractivity contribution in [2.75, 3.05) is 13.1 Å². The van der Waals surface area contributed by atoms with Gasteiger partial charge >= 0.3 is 6.18 Å². The van der Waals surface area contributed by atoms with Gasteiger partial charge in [0.05, 0.1) is 11.9 Å². The Balaban J connectivity index is 1.67. The first kappa shape index (κ1) is 15.8. The van der Waals surface area contributed by atoms with E-state index in [2.05, 4.69) is 20.2 Å². The molecule has 6 nitrogen and oxygen atoms in total. The van der Waals surface area contributed by atoms with Crippen molar-refractivity contribution in [3.8, 4) is 0 Å². The number of pyridine rings is 1. The average Bonchev–Trinajstić information content (AvgIpc) is 3.22. The summed E-state index contributed by atoms with van der Waals surface area (Å²) in [5.41, 5.74) is 1.41. The van der Waals surface area contributed by atoms with E-state index in [0.717, 1.165) is 16.2 Å². The summed E-state index contributed by atoms with van der Waals surface area (Å²) in [7, 11) is 0. The average molecular weight is 349 g/mol. The van der Waals surface area contributed by atoms with Gasteiger partial charge in [0.25, 0.3) is 0 Å². The van der Waals surface area contributed by atoms with E-state index in [-0.39, 0.29) is 12.5 Å². The SMILES string of the molecule is O=C(CC(F)(F)F)N1CCC(c2nncc3cnc4[nH]ccc4c23)C1. The summed E-state index contributed by atoms with van der Waals surface area (Å²) < 4.78 is 37.3. The molecule has 1 aliphatic rings. The van der Waals surface area contributed by atoms with Gasteiger partial charge in [-0.1, -0.05) is 0 Å². The van der Waals surface area contributed by atoms with E-state index in [4.69, 9.17) is 0 Å². The Hall–Kier alpha value is -2.71. The Morgan fingerprint density at radius 3 is 3.00 bits per heavy atom. The summed E-state index contributed by atoms with van der Waals surface area (Å²) >= 11 is 0. The first-order chi connectivity index (χ1) is 11.9. The van der Waals surface area contributed by atoms with Gasteiger partial charge in [0.1, 0.15) is 12.1 Å². The van der Waals surface area contributed by atoms with Crippen LogP contribution in [0.4, 0.5) is 13.2 Å². The lowest BCUT2D eigenvalue weighted by Crippen LogP contribution is -2.32. The topological polar surface area (TPSA) is 74.8 Å². The van der Waals surface area contributed by atoms with Gasteiger partial charge in [0.2, 0.25) is 5.91 Å². The number of nitrogens with zero attached hydrogens (tertiary/aromatic N) is 4. The summed E-state index contributed by atoms with van der Waals surface area (Å²) in [6.07, 6.45) is -0.279. The number of hydrogen-bond acceptors (Lipinski definition) is 4. The smallest absolute Gasteiger partial charge is 0.346 e. The number of alkyl halides is 3. The highest BCUT2D eigenvalue weighted by molar-refractivity contribution is 6.05. The lowest BCUT2D eigenvalue weighted by atomic mass is 9.98. The lowest BCUT2D eigenvalue weighted by Gasteiger charge is -2.17. The Labute approximate surface area is 140 Å². The molecule has 1 amide bonds. The van der Waals surface area contributed by atoms with Crippen LogP contribution in [-0.2, 0) is 4.79 Å². The van der Waals surface area contributed by atoms with Gasteiger partial charge in [0.15, 0.2) is 0 Å². The molecule has 0 saturated carbocycles. The van der Waals surface area contributed by atoms with Crippen molar-refractivity contribution in [2.45, 2.75) is 24.9 Å². The van der Waals surface area contributed by atoms with Crippen LogP contribution in [0.2, 0.25) is 0 Å². The van der Waals surface area contributed by atoms with E-state index in [9.17, 15) is 18.0 Å². The van der Waals surface area contributed by atoms with Crippen molar-refractivity contribution >= 4 is 27.7 Å². The molecule has 130 valence electrons. The molecule has 1 aliphatic heterocycles. The third-order valence-electron chi connectivity index (χ3n) is 4.51. The number of H-pyrrole nitrogens is 1. The fourth-order valence-corrected chi connectivity index (χ4v) is 3.39. The highest BCUT2D eigenvalue weighted by Crippen LogP contribution is 2.34. The van der Waals surface area contributed by atoms with Gasteiger partial charge < -0.3 is 9.88 Å². The molecule has 1 fully saturated rings. The molecule has 4 heterocycles. The van der Waals surface area contributed by atoms with Gasteiger partial charge in [-0.15, -0.1) is 0 Å². The van der Waals surface area contributed by atoms with E-state index in [1.807, 2.05) is 6.07 Å². The van der Waals surface area contributed by atoms with E-state index < -0.39 is 18.5 Å². The van der Waals surface area contributed by atoms with Crippen molar-refractivity contribution in [1.82, 2.24) is 25.1 Å². The summed E-state index contributed by atoms with van der Waals surface area (Å²) in [5.74, 6) is -1.04. The molecule has 0 aromatic carbocycles. The molecule has 25 heavy (non-hydrogen) atoms. The van der Waals surface area contributed by atoms with Gasteiger partial charge in [-0.05, 0) is 12.5 Å². The monoisotopic (exact) mass is 349 g/mol. The third-order valence-corrected chi connectivity index (χ3v) is 4.51. The summed E-state index contributed by atoms with van der Waals surface area (Å²) in [6.45, 7) is 0.510. The largest absolute Gasteiger partial charge is 0.397 e. The first-order valence-electron chi connectivity index (χ1n) is 7.84. The maximum atomic E-state index is 12.4. The van der Waals surface area contributed by atoms with Gasteiger partial charge in [0, 0.05) is 47.6 Å². The quantitative estimate of drug-likeness (QED) is 0.772. The number of aromatic nitrogens is 4. The predicted octanol–water partition coefficient (Wildman–Crippen LogP) is 2.77. The number of fused-ring (bicyclic) bond motifs is 3. The molecular weight excluding hydrogens is 335 g/mol. The second-order valence-electron chi connectivity index (χ2n) is 6.18. The molecule has 0 bridgehead atoms. The summed E-state index contributed by atoms with van der Waals surface area (Å²) in [5, 5.41) is 10.8. The first-order valence-corrected chi connectivity index (χ1v) is 7.84. The van der Waals surface area contributed by atoms with Crippen LogP contribution >= 0.6 is 0 Å². The standard InChI is InChI=1S/C16H14F3N5O/c17-16(18,19)5-12(25)24-4-2-9(8-24)14-13-10(7-22-23-14)6-21-15-11(13)1-3-20-15/h1,3,6-7,9H,2,4-5,8H2,(H,20,21). The van der Waals surface area contributed by atoms with Gasteiger partial charge in [-0.2, -0.15) is 23.4 Å². The molecule has 3 aromatic heterocycles. The van der Waals surface area contributed by atoms with Crippen molar-refractivity contribution in [3.05, 3.63) is 30.4 Å². The minimum Gasteiger partial charge on any atom is -0.346 e. The molecule has 1 saturated heterocycles. The zero-order valence-corrected chi connectivity index (χ0v) is 13.0. The normalized spacial score (nSPS) is 18.4. The number of likely N-dealkylation sites (tertiary alicyclic amines) is 1. The minimum absolute atomic E-state index is 0.145. The van der Waals surface area contributed by atoms with Crippen LogP contribution < -0.4 is 0 Å². The minimum atomic E-state index is -4.49. The highest BCUT2D eigenvalue weighted by atomic mass is 19.4. The maximum Gasteiger partial charge on any atom is 0.397 e. The molecule has 9 heteroatoms. The van der Waals surface area contributed by atoms with Crippen LogP contribution in [0.5, 0.6) is 0 Å². The van der Waals surface area contributed by atoms with Crippen molar-refractivity contribution in [1.29, 1.82) is 0 Å². The zero-order valence-electron chi connectivity index (χ0n) is 13.0. The second kappa shape index (κ2) is 5.68. The van der Waals surface area contributed by atoms with Crippen molar-refractivity contribution < 1.29 is 18.0 Å². The Morgan fingerprint density at radius 1 is 1.36 bits per heavy atom. The van der Waals surface area contributed by atoms with Crippen LogP contribution in [0, 0.1) is 0 Å². The summed E-state index contributed by atoms with van der Waals surface area (Å²) in [4.78, 5) is 20.4. The molecular formula is C16H14F3N5O. The fraction of sp³-hybridized carbons (Fsp3) is 0.375. The number of aromatic amines is 1. The molecule has 0 radical (unpaired) electrons. The third kappa shape index (κ3) is 2.90. The van der Waals surface area contributed by atoms with Crippen LogP contribution in [0.1, 0.15) is 24.5 Å². The van der Waals surface area contributed by atoms with E-state index in [0.29, 0.717) is 24.3 Å². The molecule has 1 N–H and O–H groups in total. The highest BCUT2D eigenvalue weighted by Gasteiger charge is 2.37. The van der Waals surface area contributed by atoms with Crippen LogP contribution in [-0.4, -0.2) is 50.2 Å². The number of hydrogen-bond donors (Lipinski definition) is 1. The number of carbonyl (C=O) groups excluding carboxylic acids is 1.